The molecule has 0 atom stereocenters. The van der Waals surface area contributed by atoms with Gasteiger partial charge in [-0.15, -0.1) is 11.3 Å². The Morgan fingerprint density at radius 1 is 1.45 bits per heavy atom. The molecule has 1 N–H and O–H groups in total. The van der Waals surface area contributed by atoms with Crippen molar-refractivity contribution in [2.45, 2.75) is 28.6 Å². The first-order chi connectivity index (χ1) is 9.59. The Labute approximate surface area is 122 Å². The molecule has 20 heavy (non-hydrogen) atoms. The van der Waals surface area contributed by atoms with Gasteiger partial charge in [-0.2, -0.15) is 4.31 Å². The first-order valence-corrected chi connectivity index (χ1v) is 9.15. The van der Waals surface area contributed by atoms with Crippen LogP contribution in [-0.2, 0) is 14.8 Å². The largest absolute Gasteiger partial charge is 0.370 e. The van der Waals surface area contributed by atoms with Crippen molar-refractivity contribution in [3.8, 4) is 0 Å². The average Bonchev–Trinajstić information content (AvgIpc) is 3.14. The number of hydrogen-bond acceptors (Lipinski definition) is 6. The van der Waals surface area contributed by atoms with Crippen LogP contribution in [0.4, 0.5) is 0 Å². The van der Waals surface area contributed by atoms with E-state index in [-0.39, 0.29) is 5.60 Å². The van der Waals surface area contributed by atoms with Gasteiger partial charge >= 0.3 is 0 Å². The van der Waals surface area contributed by atoms with Crippen LogP contribution in [0.15, 0.2) is 10.4 Å². The third-order valence-corrected chi connectivity index (χ3v) is 7.57. The van der Waals surface area contributed by atoms with Crippen LogP contribution in [0.3, 0.4) is 0 Å². The molecule has 3 aliphatic rings. The summed E-state index contributed by atoms with van der Waals surface area (Å²) in [6, 6.07) is 0. The molecule has 1 aromatic rings. The lowest BCUT2D eigenvalue weighted by atomic mass is 9.96. The Bertz CT molecular complexity index is 620. The number of hydrogen-bond donors (Lipinski definition) is 1. The van der Waals surface area contributed by atoms with E-state index in [1.54, 1.807) is 4.31 Å². The van der Waals surface area contributed by atoms with E-state index < -0.39 is 10.0 Å². The van der Waals surface area contributed by atoms with E-state index >= 15 is 0 Å². The van der Waals surface area contributed by atoms with Gasteiger partial charge in [0, 0.05) is 32.1 Å². The molecular formula is C12H17N3O3S2. The van der Waals surface area contributed by atoms with Crippen molar-refractivity contribution >= 4 is 21.4 Å². The summed E-state index contributed by atoms with van der Waals surface area (Å²) in [5.41, 5.74) is -0.310. The summed E-state index contributed by atoms with van der Waals surface area (Å²) in [6.45, 7) is 2.80. The molecule has 6 nitrogen and oxygen atoms in total. The van der Waals surface area contributed by atoms with Gasteiger partial charge in [0.1, 0.15) is 5.60 Å². The zero-order valence-corrected chi connectivity index (χ0v) is 12.7. The number of morpholine rings is 1. The van der Waals surface area contributed by atoms with Crippen LogP contribution in [-0.4, -0.2) is 56.1 Å². The molecule has 0 unspecified atom stereocenters. The Kier molecular flexibility index (Phi) is 2.94. The summed E-state index contributed by atoms with van der Waals surface area (Å²) >= 11 is 1.33. The molecule has 1 spiro atoms. The standard InChI is InChI=1S/C12H17N3O3S2/c16-20(17,10-5-14-11(19-10)9-1-2-9)15-3-4-18-12(8-15)6-13-7-12/h5,9,13H,1-4,6-8H2. The molecule has 8 heteroatoms. The molecule has 4 rings (SSSR count). The van der Waals surface area contributed by atoms with E-state index in [0.717, 1.165) is 30.9 Å². The van der Waals surface area contributed by atoms with Crippen LogP contribution in [0, 0.1) is 0 Å². The Balaban J connectivity index is 1.58. The van der Waals surface area contributed by atoms with Gasteiger partial charge < -0.3 is 10.1 Å². The van der Waals surface area contributed by atoms with Gasteiger partial charge in [-0.3, -0.25) is 0 Å². The highest BCUT2D eigenvalue weighted by Crippen LogP contribution is 2.43. The minimum Gasteiger partial charge on any atom is -0.370 e. The predicted octanol–water partition coefficient (Wildman–Crippen LogP) is 0.383. The molecule has 3 heterocycles. The fraction of sp³-hybridized carbons (Fsp3) is 0.750. The van der Waals surface area contributed by atoms with Gasteiger partial charge in [-0.05, 0) is 12.8 Å². The summed E-state index contributed by atoms with van der Waals surface area (Å²) in [6.07, 6.45) is 3.80. The number of nitrogens with one attached hydrogen (secondary N) is 1. The number of ether oxygens (including phenoxy) is 1. The summed E-state index contributed by atoms with van der Waals surface area (Å²) < 4.78 is 33.1. The smallest absolute Gasteiger partial charge is 0.254 e. The summed E-state index contributed by atoms with van der Waals surface area (Å²) in [4.78, 5) is 4.28. The third kappa shape index (κ3) is 2.10. The van der Waals surface area contributed by atoms with E-state index in [2.05, 4.69) is 10.3 Å². The second-order valence-corrected chi connectivity index (χ2v) is 8.99. The van der Waals surface area contributed by atoms with Crippen molar-refractivity contribution < 1.29 is 13.2 Å². The van der Waals surface area contributed by atoms with E-state index in [4.69, 9.17) is 4.74 Å². The number of sulfonamides is 1. The number of aromatic nitrogens is 1. The molecule has 0 radical (unpaired) electrons. The second kappa shape index (κ2) is 4.48. The molecule has 1 saturated carbocycles. The van der Waals surface area contributed by atoms with Crippen LogP contribution in [0.1, 0.15) is 23.8 Å². The van der Waals surface area contributed by atoms with Gasteiger partial charge in [0.2, 0.25) is 0 Å². The summed E-state index contributed by atoms with van der Waals surface area (Å²) in [5, 5.41) is 4.12. The first-order valence-electron chi connectivity index (χ1n) is 6.90. The van der Waals surface area contributed by atoms with E-state index in [1.807, 2.05) is 0 Å². The zero-order valence-electron chi connectivity index (χ0n) is 11.0. The molecule has 110 valence electrons. The van der Waals surface area contributed by atoms with Crippen molar-refractivity contribution in [3.05, 3.63) is 11.2 Å². The van der Waals surface area contributed by atoms with Crippen molar-refractivity contribution in [2.24, 2.45) is 0 Å². The third-order valence-electron chi connectivity index (χ3n) is 4.13. The molecule has 1 aromatic heterocycles. The quantitative estimate of drug-likeness (QED) is 0.873. The summed E-state index contributed by atoms with van der Waals surface area (Å²) in [7, 11) is -3.41. The van der Waals surface area contributed by atoms with Crippen LogP contribution in [0.2, 0.25) is 0 Å². The maximum absolute atomic E-state index is 12.7. The lowest BCUT2D eigenvalue weighted by Gasteiger charge is -2.47. The van der Waals surface area contributed by atoms with E-state index in [1.165, 1.54) is 17.5 Å². The van der Waals surface area contributed by atoms with Crippen LogP contribution < -0.4 is 5.32 Å². The minimum atomic E-state index is -3.41. The Morgan fingerprint density at radius 2 is 2.25 bits per heavy atom. The molecule has 3 fully saturated rings. The van der Waals surface area contributed by atoms with Crippen molar-refractivity contribution in [3.63, 3.8) is 0 Å². The monoisotopic (exact) mass is 315 g/mol. The highest BCUT2D eigenvalue weighted by molar-refractivity contribution is 7.91. The molecule has 1 aliphatic carbocycles. The predicted molar refractivity (Wildman–Crippen MR) is 74.4 cm³/mol. The lowest BCUT2D eigenvalue weighted by molar-refractivity contribution is -0.118. The molecule has 2 saturated heterocycles. The fourth-order valence-electron chi connectivity index (χ4n) is 2.67. The van der Waals surface area contributed by atoms with E-state index in [0.29, 0.717) is 29.8 Å². The van der Waals surface area contributed by atoms with Gasteiger partial charge in [-0.25, -0.2) is 13.4 Å². The molecule has 2 aliphatic heterocycles. The molecule has 0 aromatic carbocycles. The number of rotatable bonds is 3. The molecule has 0 bridgehead atoms. The van der Waals surface area contributed by atoms with Crippen LogP contribution in [0.25, 0.3) is 0 Å². The van der Waals surface area contributed by atoms with Crippen molar-refractivity contribution in [1.29, 1.82) is 0 Å². The molecule has 0 amide bonds. The second-order valence-electron chi connectivity index (χ2n) is 5.77. The van der Waals surface area contributed by atoms with Gasteiger partial charge in [-0.1, -0.05) is 0 Å². The maximum atomic E-state index is 12.7. The normalized spacial score (nSPS) is 26.6. The SMILES string of the molecule is O=S(=O)(c1cnc(C2CC2)s1)N1CCOC2(CNC2)C1. The topological polar surface area (TPSA) is 71.5 Å². The summed E-state index contributed by atoms with van der Waals surface area (Å²) in [5.74, 6) is 0.496. The van der Waals surface area contributed by atoms with Crippen molar-refractivity contribution in [2.75, 3.05) is 32.8 Å². The number of thiazole rings is 1. The van der Waals surface area contributed by atoms with E-state index in [9.17, 15) is 8.42 Å². The Morgan fingerprint density at radius 3 is 2.90 bits per heavy atom. The Hall–Kier alpha value is -0.540. The highest BCUT2D eigenvalue weighted by Gasteiger charge is 2.45. The first kappa shape index (κ1) is 13.1. The highest BCUT2D eigenvalue weighted by atomic mass is 32.2. The van der Waals surface area contributed by atoms with Gasteiger partial charge in [0.15, 0.2) is 4.21 Å². The molecular weight excluding hydrogens is 298 g/mol. The maximum Gasteiger partial charge on any atom is 0.254 e. The van der Waals surface area contributed by atoms with Crippen molar-refractivity contribution in [1.82, 2.24) is 14.6 Å². The lowest BCUT2D eigenvalue weighted by Crippen LogP contribution is -2.69. The van der Waals surface area contributed by atoms with Crippen LogP contribution in [0.5, 0.6) is 0 Å². The zero-order chi connectivity index (χ0) is 13.8. The van der Waals surface area contributed by atoms with Gasteiger partial charge in [0.25, 0.3) is 10.0 Å². The number of nitrogens with zero attached hydrogens (tertiary/aromatic N) is 2. The average molecular weight is 315 g/mol. The van der Waals surface area contributed by atoms with Gasteiger partial charge in [0.05, 0.1) is 17.8 Å². The minimum absolute atomic E-state index is 0.310. The van der Waals surface area contributed by atoms with Crippen LogP contribution >= 0.6 is 11.3 Å². The fourth-order valence-corrected chi connectivity index (χ4v) is 5.64.